The smallest absolute Gasteiger partial charge is 0.215 e. The van der Waals surface area contributed by atoms with E-state index in [9.17, 15) is 0 Å². The van der Waals surface area contributed by atoms with Gasteiger partial charge in [-0.25, -0.2) is 0 Å². The van der Waals surface area contributed by atoms with E-state index in [0.29, 0.717) is 16.5 Å². The lowest BCUT2D eigenvalue weighted by Gasteiger charge is -2.07. The minimum absolute atomic E-state index is 0.541. The lowest BCUT2D eigenvalue weighted by Crippen LogP contribution is -1.91. The number of nitrogens with one attached hydrogen (secondary N) is 1. The van der Waals surface area contributed by atoms with E-state index < -0.39 is 0 Å². The van der Waals surface area contributed by atoms with Crippen molar-refractivity contribution in [2.24, 2.45) is 0 Å². The van der Waals surface area contributed by atoms with E-state index in [1.165, 1.54) is 11.3 Å². The number of hydrogen-bond donors (Lipinski definition) is 2. The first-order valence-electron chi connectivity index (χ1n) is 5.13. The number of halogens is 1. The van der Waals surface area contributed by atoms with Gasteiger partial charge in [-0.1, -0.05) is 17.7 Å². The van der Waals surface area contributed by atoms with Gasteiger partial charge in [-0.2, -0.15) is 5.21 Å². The predicted octanol–water partition coefficient (Wildman–Crippen LogP) is 2.83. The van der Waals surface area contributed by atoms with Crippen molar-refractivity contribution in [3.05, 3.63) is 34.7 Å². The molecule has 0 fully saturated rings. The summed E-state index contributed by atoms with van der Waals surface area (Å²) in [6, 6.07) is 7.40. The molecule has 7 heteroatoms. The molecular weight excluding hydrogens is 270 g/mol. The van der Waals surface area contributed by atoms with Gasteiger partial charge in [0.05, 0.1) is 9.90 Å². The Balaban J connectivity index is 2.22. The number of benzene rings is 1. The fourth-order valence-corrected chi connectivity index (χ4v) is 2.88. The van der Waals surface area contributed by atoms with E-state index in [1.54, 1.807) is 0 Å². The Morgan fingerprint density at radius 1 is 1.28 bits per heavy atom. The van der Waals surface area contributed by atoms with Crippen LogP contribution in [0, 0.1) is 0 Å². The molecule has 0 saturated carbocycles. The topological polar surface area (TPSA) is 80.5 Å². The standard InChI is InChI=1S/C11H8ClN5S/c12-7-2-1-3-8(13)9(7)6-4-5-18-10(6)11-14-16-17-15-11/h1-5H,13H2,(H,14,15,16,17). The van der Waals surface area contributed by atoms with Crippen LogP contribution in [0.5, 0.6) is 0 Å². The molecule has 0 aliphatic carbocycles. The van der Waals surface area contributed by atoms with E-state index in [1.807, 2.05) is 29.6 Å². The Morgan fingerprint density at radius 2 is 2.17 bits per heavy atom. The summed E-state index contributed by atoms with van der Waals surface area (Å²) in [6.45, 7) is 0. The van der Waals surface area contributed by atoms with Crippen LogP contribution in [0.15, 0.2) is 29.6 Å². The highest BCUT2D eigenvalue weighted by molar-refractivity contribution is 7.14. The fourth-order valence-electron chi connectivity index (χ4n) is 1.76. The third-order valence-corrected chi connectivity index (χ3v) is 3.75. The summed E-state index contributed by atoms with van der Waals surface area (Å²) in [6.07, 6.45) is 0. The Bertz CT molecular complexity index is 656. The van der Waals surface area contributed by atoms with E-state index >= 15 is 0 Å². The molecule has 0 atom stereocenters. The molecule has 3 N–H and O–H groups in total. The van der Waals surface area contributed by atoms with E-state index in [4.69, 9.17) is 17.3 Å². The van der Waals surface area contributed by atoms with Gasteiger partial charge in [0.1, 0.15) is 0 Å². The van der Waals surface area contributed by atoms with E-state index in [0.717, 1.165) is 16.0 Å². The monoisotopic (exact) mass is 277 g/mol. The molecule has 90 valence electrons. The van der Waals surface area contributed by atoms with Gasteiger partial charge in [-0.3, -0.25) is 0 Å². The average Bonchev–Trinajstić information content (AvgIpc) is 2.98. The predicted molar refractivity (Wildman–Crippen MR) is 72.3 cm³/mol. The van der Waals surface area contributed by atoms with Crippen LogP contribution in [0.1, 0.15) is 0 Å². The highest BCUT2D eigenvalue weighted by Crippen LogP contribution is 2.40. The first-order valence-corrected chi connectivity index (χ1v) is 6.39. The zero-order valence-corrected chi connectivity index (χ0v) is 10.7. The van der Waals surface area contributed by atoms with Crippen LogP contribution >= 0.6 is 22.9 Å². The number of aromatic nitrogens is 4. The number of thiophene rings is 1. The second kappa shape index (κ2) is 4.40. The Kier molecular flexibility index (Phi) is 2.73. The number of aromatic amines is 1. The molecular formula is C11H8ClN5S. The van der Waals surface area contributed by atoms with Crippen molar-refractivity contribution < 1.29 is 0 Å². The normalized spacial score (nSPS) is 10.7. The molecule has 0 aliphatic heterocycles. The molecule has 0 bridgehead atoms. The molecule has 0 radical (unpaired) electrons. The highest BCUT2D eigenvalue weighted by Gasteiger charge is 2.16. The van der Waals surface area contributed by atoms with Crippen LogP contribution in [0.3, 0.4) is 0 Å². The molecule has 5 nitrogen and oxygen atoms in total. The molecule has 0 spiro atoms. The first kappa shape index (κ1) is 11.2. The molecule has 0 amide bonds. The summed E-state index contributed by atoms with van der Waals surface area (Å²) >= 11 is 7.74. The Morgan fingerprint density at radius 3 is 2.89 bits per heavy atom. The number of hydrogen-bond acceptors (Lipinski definition) is 5. The maximum absolute atomic E-state index is 6.21. The Hall–Kier alpha value is -1.92. The zero-order valence-electron chi connectivity index (χ0n) is 9.09. The second-order valence-electron chi connectivity index (χ2n) is 3.60. The number of rotatable bonds is 2. The van der Waals surface area contributed by atoms with Crippen molar-refractivity contribution >= 4 is 28.6 Å². The van der Waals surface area contributed by atoms with E-state index in [2.05, 4.69) is 20.6 Å². The minimum atomic E-state index is 0.541. The summed E-state index contributed by atoms with van der Waals surface area (Å²) in [5.41, 5.74) is 8.35. The van der Waals surface area contributed by atoms with Crippen LogP contribution in [0.2, 0.25) is 5.02 Å². The summed E-state index contributed by atoms with van der Waals surface area (Å²) in [5.74, 6) is 0.541. The summed E-state index contributed by atoms with van der Waals surface area (Å²) < 4.78 is 0. The number of nitrogens with zero attached hydrogens (tertiary/aromatic N) is 3. The van der Waals surface area contributed by atoms with Gasteiger partial charge in [-0.15, -0.1) is 21.5 Å². The molecule has 2 heterocycles. The number of nitrogens with two attached hydrogens (primary N) is 1. The molecule has 1 aromatic carbocycles. The van der Waals surface area contributed by atoms with Gasteiger partial charge in [-0.05, 0) is 28.8 Å². The maximum Gasteiger partial charge on any atom is 0.215 e. The molecule has 18 heavy (non-hydrogen) atoms. The number of tetrazole rings is 1. The quantitative estimate of drug-likeness (QED) is 0.706. The fraction of sp³-hybridized carbons (Fsp3) is 0. The van der Waals surface area contributed by atoms with Gasteiger partial charge in [0, 0.05) is 16.8 Å². The van der Waals surface area contributed by atoms with Crippen molar-refractivity contribution in [2.75, 3.05) is 5.73 Å². The molecule has 3 aromatic rings. The number of anilines is 1. The van der Waals surface area contributed by atoms with Gasteiger partial charge in [0.25, 0.3) is 0 Å². The number of nitrogen functional groups attached to an aromatic ring is 1. The highest BCUT2D eigenvalue weighted by atomic mass is 35.5. The van der Waals surface area contributed by atoms with Crippen LogP contribution in [0.4, 0.5) is 5.69 Å². The van der Waals surface area contributed by atoms with Crippen molar-refractivity contribution in [1.82, 2.24) is 20.6 Å². The average molecular weight is 278 g/mol. The first-order chi connectivity index (χ1) is 8.77. The van der Waals surface area contributed by atoms with E-state index in [-0.39, 0.29) is 0 Å². The number of H-pyrrole nitrogens is 1. The summed E-state index contributed by atoms with van der Waals surface area (Å²) in [4.78, 5) is 0.892. The molecule has 0 unspecified atom stereocenters. The van der Waals surface area contributed by atoms with Crippen molar-refractivity contribution in [3.63, 3.8) is 0 Å². The molecule has 0 aliphatic rings. The maximum atomic E-state index is 6.21. The molecule has 3 rings (SSSR count). The minimum Gasteiger partial charge on any atom is -0.398 e. The zero-order chi connectivity index (χ0) is 12.5. The van der Waals surface area contributed by atoms with Crippen molar-refractivity contribution in [3.8, 4) is 21.8 Å². The third kappa shape index (κ3) is 1.75. The van der Waals surface area contributed by atoms with Crippen molar-refractivity contribution in [2.45, 2.75) is 0 Å². The lowest BCUT2D eigenvalue weighted by molar-refractivity contribution is 0.881. The van der Waals surface area contributed by atoms with Gasteiger partial charge < -0.3 is 5.73 Å². The van der Waals surface area contributed by atoms with Gasteiger partial charge in [0.15, 0.2) is 0 Å². The summed E-state index contributed by atoms with van der Waals surface area (Å²) in [5, 5.41) is 16.5. The van der Waals surface area contributed by atoms with Crippen LogP contribution in [0.25, 0.3) is 21.8 Å². The SMILES string of the molecule is Nc1cccc(Cl)c1-c1ccsc1-c1nn[nH]n1. The summed E-state index contributed by atoms with van der Waals surface area (Å²) in [7, 11) is 0. The molecule has 0 saturated heterocycles. The third-order valence-electron chi connectivity index (χ3n) is 2.53. The van der Waals surface area contributed by atoms with Gasteiger partial charge in [0.2, 0.25) is 5.82 Å². The largest absolute Gasteiger partial charge is 0.398 e. The Labute approximate surface area is 112 Å². The van der Waals surface area contributed by atoms with Gasteiger partial charge >= 0.3 is 0 Å². The lowest BCUT2D eigenvalue weighted by atomic mass is 10.0. The van der Waals surface area contributed by atoms with Crippen LogP contribution in [-0.4, -0.2) is 20.6 Å². The molecule has 2 aromatic heterocycles. The second-order valence-corrected chi connectivity index (χ2v) is 4.93. The van der Waals surface area contributed by atoms with Crippen molar-refractivity contribution in [1.29, 1.82) is 0 Å². The van der Waals surface area contributed by atoms with Crippen LogP contribution in [-0.2, 0) is 0 Å². The van der Waals surface area contributed by atoms with Crippen LogP contribution < -0.4 is 5.73 Å².